The Morgan fingerprint density at radius 3 is 2.78 bits per heavy atom. The number of halogens is 1. The zero-order valence-electron chi connectivity index (χ0n) is 10.3. The van der Waals surface area contributed by atoms with Gasteiger partial charge in [0, 0.05) is 16.7 Å². The van der Waals surface area contributed by atoms with Gasteiger partial charge in [-0.05, 0) is 65.7 Å². The summed E-state index contributed by atoms with van der Waals surface area (Å²) < 4.78 is 1.09. The number of nitrogens with one attached hydrogen (secondary N) is 1. The van der Waals surface area contributed by atoms with Gasteiger partial charge in [-0.2, -0.15) is 0 Å². The normalized spacial score (nSPS) is 19.7. The molecule has 0 aliphatic carbocycles. The van der Waals surface area contributed by atoms with Gasteiger partial charge in [0.25, 0.3) is 5.91 Å². The number of nitrogens with zero attached hydrogens (tertiary/aromatic N) is 1. The second-order valence-corrected chi connectivity index (χ2v) is 6.29. The van der Waals surface area contributed by atoms with Gasteiger partial charge >= 0.3 is 0 Å². The Hall–Kier alpha value is -0.620. The first-order chi connectivity index (χ1) is 8.74. The molecule has 1 fully saturated rings. The molecule has 2 heterocycles. The highest BCUT2D eigenvalue weighted by Crippen LogP contribution is 2.25. The Balaban J connectivity index is 1.81. The number of carbonyl (C=O) groups excluding carboxylic acids is 1. The van der Waals surface area contributed by atoms with Gasteiger partial charge in [0.2, 0.25) is 0 Å². The maximum atomic E-state index is 11.7. The summed E-state index contributed by atoms with van der Waals surface area (Å²) in [5.74, 6) is 0.0823. The van der Waals surface area contributed by atoms with E-state index in [1.54, 1.807) is 0 Å². The van der Waals surface area contributed by atoms with E-state index in [1.807, 2.05) is 0 Å². The number of fused-ring (bicyclic) bond motifs is 1. The van der Waals surface area contributed by atoms with E-state index in [0.29, 0.717) is 6.54 Å². The predicted molar refractivity (Wildman–Crippen MR) is 79.5 cm³/mol. The van der Waals surface area contributed by atoms with Gasteiger partial charge in [-0.3, -0.25) is 9.69 Å². The Morgan fingerprint density at radius 1 is 1.22 bits per heavy atom. The standard InChI is InChI=1S/C14H17IN2O/c15-12-7-10(9-17-4-2-1-3-5-17)6-11-8-16-14(18)13(11)12/h6-7H,1-5,8-9H2,(H,16,18). The average molecular weight is 356 g/mol. The van der Waals surface area contributed by atoms with Crippen LogP contribution in [0.1, 0.15) is 40.7 Å². The zero-order chi connectivity index (χ0) is 12.5. The third-order valence-electron chi connectivity index (χ3n) is 3.75. The van der Waals surface area contributed by atoms with Crippen molar-refractivity contribution in [1.82, 2.24) is 10.2 Å². The molecule has 0 atom stereocenters. The van der Waals surface area contributed by atoms with Gasteiger partial charge < -0.3 is 5.32 Å². The van der Waals surface area contributed by atoms with Crippen LogP contribution in [-0.4, -0.2) is 23.9 Å². The average Bonchev–Trinajstić information content (AvgIpc) is 2.72. The molecule has 0 spiro atoms. The first kappa shape index (κ1) is 12.4. The second kappa shape index (κ2) is 5.17. The molecule has 96 valence electrons. The van der Waals surface area contributed by atoms with Gasteiger partial charge in [0.05, 0.1) is 5.56 Å². The van der Waals surface area contributed by atoms with E-state index < -0.39 is 0 Å². The van der Waals surface area contributed by atoms with Crippen LogP contribution in [0, 0.1) is 3.57 Å². The molecule has 3 rings (SSSR count). The fourth-order valence-corrected chi connectivity index (χ4v) is 3.84. The number of rotatable bonds is 2. The number of amides is 1. The molecule has 0 bridgehead atoms. The van der Waals surface area contributed by atoms with Crippen molar-refractivity contribution in [2.75, 3.05) is 13.1 Å². The van der Waals surface area contributed by atoms with Crippen molar-refractivity contribution in [3.63, 3.8) is 0 Å². The number of likely N-dealkylation sites (tertiary alicyclic amines) is 1. The fraction of sp³-hybridized carbons (Fsp3) is 0.500. The quantitative estimate of drug-likeness (QED) is 0.826. The summed E-state index contributed by atoms with van der Waals surface area (Å²) in [5.41, 5.74) is 3.40. The minimum atomic E-state index is 0.0823. The van der Waals surface area contributed by atoms with Crippen LogP contribution in [0.4, 0.5) is 0 Å². The van der Waals surface area contributed by atoms with Crippen LogP contribution in [-0.2, 0) is 13.1 Å². The highest BCUT2D eigenvalue weighted by atomic mass is 127. The first-order valence-corrected chi connectivity index (χ1v) is 7.64. The molecule has 1 aromatic carbocycles. The minimum absolute atomic E-state index is 0.0823. The molecule has 0 aromatic heterocycles. The Kier molecular flexibility index (Phi) is 3.56. The highest BCUT2D eigenvalue weighted by Gasteiger charge is 2.22. The lowest BCUT2D eigenvalue weighted by Gasteiger charge is -2.26. The molecule has 18 heavy (non-hydrogen) atoms. The van der Waals surface area contributed by atoms with Crippen LogP contribution >= 0.6 is 22.6 Å². The number of benzene rings is 1. The molecule has 1 saturated heterocycles. The SMILES string of the molecule is O=C1NCc2cc(CN3CCCCC3)cc(I)c21. The van der Waals surface area contributed by atoms with Gasteiger partial charge in [-0.1, -0.05) is 12.5 Å². The maximum Gasteiger partial charge on any atom is 0.252 e. The molecule has 2 aliphatic rings. The number of piperidine rings is 1. The Labute approximate surface area is 121 Å². The van der Waals surface area contributed by atoms with Crippen molar-refractivity contribution in [2.24, 2.45) is 0 Å². The fourth-order valence-electron chi connectivity index (χ4n) is 2.85. The minimum Gasteiger partial charge on any atom is -0.348 e. The van der Waals surface area contributed by atoms with E-state index >= 15 is 0 Å². The van der Waals surface area contributed by atoms with Crippen LogP contribution < -0.4 is 5.32 Å². The van der Waals surface area contributed by atoms with Crippen molar-refractivity contribution in [2.45, 2.75) is 32.4 Å². The van der Waals surface area contributed by atoms with E-state index in [4.69, 9.17) is 0 Å². The van der Waals surface area contributed by atoms with Crippen LogP contribution in [0.3, 0.4) is 0 Å². The summed E-state index contributed by atoms with van der Waals surface area (Å²) in [7, 11) is 0. The van der Waals surface area contributed by atoms with Gasteiger partial charge in [-0.25, -0.2) is 0 Å². The van der Waals surface area contributed by atoms with Crippen LogP contribution in [0.2, 0.25) is 0 Å². The molecule has 1 amide bonds. The van der Waals surface area contributed by atoms with E-state index in [2.05, 4.69) is 44.9 Å². The third kappa shape index (κ3) is 2.40. The summed E-state index contributed by atoms with van der Waals surface area (Å²) in [6.07, 6.45) is 4.01. The molecule has 0 radical (unpaired) electrons. The zero-order valence-corrected chi connectivity index (χ0v) is 12.5. The summed E-state index contributed by atoms with van der Waals surface area (Å²) in [4.78, 5) is 14.2. The topological polar surface area (TPSA) is 32.3 Å². The molecular weight excluding hydrogens is 339 g/mol. The smallest absolute Gasteiger partial charge is 0.252 e. The molecule has 3 nitrogen and oxygen atoms in total. The van der Waals surface area contributed by atoms with Crippen molar-refractivity contribution in [3.8, 4) is 0 Å². The molecule has 0 unspecified atom stereocenters. The number of carbonyl (C=O) groups is 1. The van der Waals surface area contributed by atoms with Crippen LogP contribution in [0.15, 0.2) is 12.1 Å². The number of hydrogen-bond donors (Lipinski definition) is 1. The maximum absolute atomic E-state index is 11.7. The lowest BCUT2D eigenvalue weighted by atomic mass is 10.0. The van der Waals surface area contributed by atoms with Crippen molar-refractivity contribution in [3.05, 3.63) is 32.4 Å². The van der Waals surface area contributed by atoms with E-state index in [1.165, 1.54) is 43.5 Å². The number of hydrogen-bond acceptors (Lipinski definition) is 2. The summed E-state index contributed by atoms with van der Waals surface area (Å²) >= 11 is 2.28. The van der Waals surface area contributed by atoms with Gasteiger partial charge in [-0.15, -0.1) is 0 Å². The summed E-state index contributed by atoms with van der Waals surface area (Å²) in [6, 6.07) is 4.36. The van der Waals surface area contributed by atoms with Gasteiger partial charge in [0.15, 0.2) is 0 Å². The first-order valence-electron chi connectivity index (χ1n) is 6.56. The van der Waals surface area contributed by atoms with Crippen molar-refractivity contribution >= 4 is 28.5 Å². The van der Waals surface area contributed by atoms with Crippen LogP contribution in [0.25, 0.3) is 0 Å². The largest absolute Gasteiger partial charge is 0.348 e. The van der Waals surface area contributed by atoms with Crippen molar-refractivity contribution < 1.29 is 4.79 Å². The molecule has 1 aromatic rings. The lowest BCUT2D eigenvalue weighted by molar-refractivity contribution is 0.0965. The predicted octanol–water partition coefficient (Wildman–Crippen LogP) is 2.52. The van der Waals surface area contributed by atoms with E-state index in [-0.39, 0.29) is 5.91 Å². The molecule has 1 N–H and O–H groups in total. The lowest BCUT2D eigenvalue weighted by Crippen LogP contribution is -2.29. The molecule has 4 heteroatoms. The Bertz CT molecular complexity index is 481. The molecule has 0 saturated carbocycles. The van der Waals surface area contributed by atoms with Gasteiger partial charge in [0.1, 0.15) is 0 Å². The Morgan fingerprint density at radius 2 is 2.00 bits per heavy atom. The second-order valence-electron chi connectivity index (χ2n) is 5.13. The summed E-state index contributed by atoms with van der Waals surface area (Å²) in [5, 5.41) is 2.90. The molecule has 2 aliphatic heterocycles. The van der Waals surface area contributed by atoms with Crippen molar-refractivity contribution in [1.29, 1.82) is 0 Å². The third-order valence-corrected chi connectivity index (χ3v) is 4.60. The van der Waals surface area contributed by atoms with E-state index in [9.17, 15) is 4.79 Å². The van der Waals surface area contributed by atoms with Crippen LogP contribution in [0.5, 0.6) is 0 Å². The monoisotopic (exact) mass is 356 g/mol. The molecular formula is C14H17IN2O. The van der Waals surface area contributed by atoms with E-state index in [0.717, 1.165) is 15.7 Å². The summed E-state index contributed by atoms with van der Waals surface area (Å²) in [6.45, 7) is 4.14. The highest BCUT2D eigenvalue weighted by molar-refractivity contribution is 14.1.